The molecule has 1 aromatic rings. The van der Waals surface area contributed by atoms with E-state index in [1.165, 1.54) is 6.07 Å². The fourth-order valence-electron chi connectivity index (χ4n) is 1.54. The molecule has 0 saturated heterocycles. The van der Waals surface area contributed by atoms with Crippen molar-refractivity contribution in [3.8, 4) is 0 Å². The van der Waals surface area contributed by atoms with Crippen molar-refractivity contribution in [1.82, 2.24) is 10.6 Å². The Kier molecular flexibility index (Phi) is 6.77. The van der Waals surface area contributed by atoms with Crippen molar-refractivity contribution < 1.29 is 9.13 Å². The van der Waals surface area contributed by atoms with Gasteiger partial charge in [0.1, 0.15) is 5.82 Å². The number of methoxy groups -OCH3 is 1. The molecule has 0 aliphatic rings. The Morgan fingerprint density at radius 2 is 1.94 bits per heavy atom. The molecule has 96 valence electrons. The number of halogens is 1. The van der Waals surface area contributed by atoms with Crippen LogP contribution in [0.5, 0.6) is 0 Å². The molecule has 0 radical (unpaired) electrons. The van der Waals surface area contributed by atoms with Crippen LogP contribution in [0.2, 0.25) is 0 Å². The number of hydrogen-bond donors (Lipinski definition) is 2. The summed E-state index contributed by atoms with van der Waals surface area (Å²) in [5.74, 6) is -0.143. The van der Waals surface area contributed by atoms with Crippen molar-refractivity contribution in [2.75, 3.05) is 33.4 Å². The molecule has 0 unspecified atom stereocenters. The Morgan fingerprint density at radius 3 is 2.71 bits per heavy atom. The van der Waals surface area contributed by atoms with Gasteiger partial charge in [0.15, 0.2) is 0 Å². The standard InChI is InChI=1S/C13H21FN2O/c1-11-3-4-13(14)12(9-11)10-16-6-5-15-7-8-17-2/h3-4,9,15-16H,5-8,10H2,1-2H3. The normalized spacial score (nSPS) is 10.8. The molecule has 4 heteroatoms. The lowest BCUT2D eigenvalue weighted by atomic mass is 10.1. The first-order valence-electron chi connectivity index (χ1n) is 5.89. The highest BCUT2D eigenvalue weighted by molar-refractivity contribution is 5.23. The summed E-state index contributed by atoms with van der Waals surface area (Å²) in [4.78, 5) is 0. The minimum Gasteiger partial charge on any atom is -0.383 e. The molecule has 17 heavy (non-hydrogen) atoms. The highest BCUT2D eigenvalue weighted by Gasteiger charge is 2.00. The lowest BCUT2D eigenvalue weighted by Gasteiger charge is -2.08. The number of benzene rings is 1. The van der Waals surface area contributed by atoms with E-state index in [0.29, 0.717) is 13.2 Å². The van der Waals surface area contributed by atoms with E-state index < -0.39 is 0 Å². The second kappa shape index (κ2) is 8.17. The molecule has 0 bridgehead atoms. The maximum atomic E-state index is 13.4. The van der Waals surface area contributed by atoms with Gasteiger partial charge >= 0.3 is 0 Å². The Morgan fingerprint density at radius 1 is 1.18 bits per heavy atom. The summed E-state index contributed by atoms with van der Waals surface area (Å²) in [6.07, 6.45) is 0. The van der Waals surface area contributed by atoms with Crippen LogP contribution < -0.4 is 10.6 Å². The zero-order chi connectivity index (χ0) is 12.5. The number of nitrogens with one attached hydrogen (secondary N) is 2. The average molecular weight is 240 g/mol. The van der Waals surface area contributed by atoms with Gasteiger partial charge in [-0.2, -0.15) is 0 Å². The van der Waals surface area contributed by atoms with E-state index in [2.05, 4.69) is 10.6 Å². The zero-order valence-electron chi connectivity index (χ0n) is 10.6. The van der Waals surface area contributed by atoms with Crippen molar-refractivity contribution in [2.45, 2.75) is 13.5 Å². The van der Waals surface area contributed by atoms with Gasteiger partial charge in [-0.05, 0) is 13.0 Å². The van der Waals surface area contributed by atoms with Gasteiger partial charge in [-0.25, -0.2) is 4.39 Å². The summed E-state index contributed by atoms with van der Waals surface area (Å²) in [6, 6.07) is 5.18. The fourth-order valence-corrected chi connectivity index (χ4v) is 1.54. The van der Waals surface area contributed by atoms with Crippen LogP contribution in [0.25, 0.3) is 0 Å². The van der Waals surface area contributed by atoms with Crippen LogP contribution in [0.15, 0.2) is 18.2 Å². The number of rotatable bonds is 8. The largest absolute Gasteiger partial charge is 0.383 e. The zero-order valence-corrected chi connectivity index (χ0v) is 10.6. The number of ether oxygens (including phenoxy) is 1. The lowest BCUT2D eigenvalue weighted by molar-refractivity contribution is 0.199. The monoisotopic (exact) mass is 240 g/mol. The van der Waals surface area contributed by atoms with Gasteiger partial charge in [0.05, 0.1) is 6.61 Å². The first-order valence-corrected chi connectivity index (χ1v) is 5.89. The third-order valence-corrected chi connectivity index (χ3v) is 2.48. The average Bonchev–Trinajstić information content (AvgIpc) is 2.32. The Labute approximate surface area is 102 Å². The van der Waals surface area contributed by atoms with E-state index in [4.69, 9.17) is 4.74 Å². The van der Waals surface area contributed by atoms with E-state index in [1.807, 2.05) is 13.0 Å². The highest BCUT2D eigenvalue weighted by Crippen LogP contribution is 2.09. The maximum Gasteiger partial charge on any atom is 0.127 e. The fraction of sp³-hybridized carbons (Fsp3) is 0.538. The number of hydrogen-bond acceptors (Lipinski definition) is 3. The summed E-state index contributed by atoms with van der Waals surface area (Å²) in [5, 5.41) is 6.42. The molecule has 2 N–H and O–H groups in total. The Hall–Kier alpha value is -0.970. The smallest absolute Gasteiger partial charge is 0.127 e. The molecular weight excluding hydrogens is 219 g/mol. The van der Waals surface area contributed by atoms with E-state index >= 15 is 0 Å². The Bertz CT molecular complexity index is 331. The van der Waals surface area contributed by atoms with Crippen molar-refractivity contribution >= 4 is 0 Å². The van der Waals surface area contributed by atoms with Gasteiger partial charge < -0.3 is 15.4 Å². The molecule has 0 aromatic heterocycles. The Balaban J connectivity index is 2.15. The van der Waals surface area contributed by atoms with Crippen molar-refractivity contribution in [3.63, 3.8) is 0 Å². The first-order chi connectivity index (χ1) is 8.24. The van der Waals surface area contributed by atoms with E-state index in [-0.39, 0.29) is 5.82 Å². The molecule has 0 atom stereocenters. The van der Waals surface area contributed by atoms with Crippen LogP contribution in [0.4, 0.5) is 4.39 Å². The predicted molar refractivity (Wildman–Crippen MR) is 67.6 cm³/mol. The molecular formula is C13H21FN2O. The van der Waals surface area contributed by atoms with Gasteiger partial charge in [-0.15, -0.1) is 0 Å². The molecule has 0 amide bonds. The van der Waals surface area contributed by atoms with Crippen LogP contribution in [-0.2, 0) is 11.3 Å². The van der Waals surface area contributed by atoms with Crippen LogP contribution in [0.1, 0.15) is 11.1 Å². The SMILES string of the molecule is COCCNCCNCc1cc(C)ccc1F. The van der Waals surface area contributed by atoms with E-state index in [1.54, 1.807) is 13.2 Å². The molecule has 0 spiro atoms. The van der Waals surface area contributed by atoms with Crippen LogP contribution in [0.3, 0.4) is 0 Å². The summed E-state index contributed by atoms with van der Waals surface area (Å²) in [5.41, 5.74) is 1.81. The second-order valence-corrected chi connectivity index (χ2v) is 4.01. The van der Waals surface area contributed by atoms with Crippen LogP contribution in [-0.4, -0.2) is 33.4 Å². The third-order valence-electron chi connectivity index (χ3n) is 2.48. The summed E-state index contributed by atoms with van der Waals surface area (Å²) < 4.78 is 18.3. The van der Waals surface area contributed by atoms with Gasteiger partial charge in [0.2, 0.25) is 0 Å². The summed E-state index contributed by atoms with van der Waals surface area (Å²) >= 11 is 0. The topological polar surface area (TPSA) is 33.3 Å². The molecule has 0 fully saturated rings. The molecule has 1 rings (SSSR count). The van der Waals surface area contributed by atoms with Crippen molar-refractivity contribution in [1.29, 1.82) is 0 Å². The quantitative estimate of drug-likeness (QED) is 0.675. The predicted octanol–water partition coefficient (Wildman–Crippen LogP) is 1.46. The molecule has 1 aromatic carbocycles. The minimum atomic E-state index is -0.143. The maximum absolute atomic E-state index is 13.4. The van der Waals surface area contributed by atoms with E-state index in [9.17, 15) is 4.39 Å². The van der Waals surface area contributed by atoms with Crippen molar-refractivity contribution in [3.05, 3.63) is 35.1 Å². The molecule has 0 heterocycles. The van der Waals surface area contributed by atoms with Gasteiger partial charge in [0.25, 0.3) is 0 Å². The third kappa shape index (κ3) is 5.77. The highest BCUT2D eigenvalue weighted by atomic mass is 19.1. The molecule has 0 aliphatic heterocycles. The van der Waals surface area contributed by atoms with Crippen molar-refractivity contribution in [2.24, 2.45) is 0 Å². The first kappa shape index (κ1) is 14.1. The van der Waals surface area contributed by atoms with Crippen LogP contribution in [0, 0.1) is 12.7 Å². The number of aryl methyl sites for hydroxylation is 1. The summed E-state index contributed by atoms with van der Waals surface area (Å²) in [7, 11) is 1.68. The van der Waals surface area contributed by atoms with E-state index in [0.717, 1.165) is 30.8 Å². The van der Waals surface area contributed by atoms with Crippen LogP contribution >= 0.6 is 0 Å². The second-order valence-electron chi connectivity index (χ2n) is 4.01. The molecule has 0 aliphatic carbocycles. The van der Waals surface area contributed by atoms with Gasteiger partial charge in [-0.1, -0.05) is 17.7 Å². The molecule has 0 saturated carbocycles. The minimum absolute atomic E-state index is 0.143. The van der Waals surface area contributed by atoms with Gasteiger partial charge in [-0.3, -0.25) is 0 Å². The molecule has 3 nitrogen and oxygen atoms in total. The lowest BCUT2D eigenvalue weighted by Crippen LogP contribution is -2.29. The summed E-state index contributed by atoms with van der Waals surface area (Å²) in [6.45, 7) is 5.77. The van der Waals surface area contributed by atoms with Gasteiger partial charge in [0, 0.05) is 38.9 Å².